The van der Waals surface area contributed by atoms with Crippen LogP contribution < -0.4 is 25.6 Å². The van der Waals surface area contributed by atoms with Gasteiger partial charge < -0.3 is 14.8 Å². The first-order valence-electron chi connectivity index (χ1n) is 9.80. The van der Waals surface area contributed by atoms with Crippen LogP contribution in [0.4, 0.5) is 5.69 Å². The van der Waals surface area contributed by atoms with E-state index < -0.39 is 0 Å². The van der Waals surface area contributed by atoms with Crippen LogP contribution in [0.2, 0.25) is 0 Å². The molecule has 0 bridgehead atoms. The van der Waals surface area contributed by atoms with Crippen molar-refractivity contribution in [3.8, 4) is 11.5 Å². The second-order valence-corrected chi connectivity index (χ2v) is 7.56. The number of ether oxygens (including phenoxy) is 2. The van der Waals surface area contributed by atoms with Crippen LogP contribution in [0.25, 0.3) is 0 Å². The van der Waals surface area contributed by atoms with Crippen molar-refractivity contribution in [3.63, 3.8) is 0 Å². The third kappa shape index (κ3) is 6.95. The summed E-state index contributed by atoms with van der Waals surface area (Å²) in [6.45, 7) is 8.80. The number of halogens is 1. The number of hydrogen-bond donors (Lipinski definition) is 3. The molecule has 0 heterocycles. The van der Waals surface area contributed by atoms with E-state index in [0.717, 1.165) is 26.9 Å². The molecular weight excluding hydrogens is 450 g/mol. The molecule has 0 aromatic heterocycles. The Morgan fingerprint density at radius 2 is 1.57 bits per heavy atom. The minimum atomic E-state index is -0.345. The van der Waals surface area contributed by atoms with Gasteiger partial charge in [0.1, 0.15) is 0 Å². The van der Waals surface area contributed by atoms with Crippen molar-refractivity contribution in [1.82, 2.24) is 10.9 Å². The molecule has 30 heavy (non-hydrogen) atoms. The van der Waals surface area contributed by atoms with Gasteiger partial charge in [-0.05, 0) is 57.0 Å². The van der Waals surface area contributed by atoms with E-state index in [2.05, 4.69) is 32.1 Å². The molecule has 2 rings (SSSR count). The molecule has 2 aromatic carbocycles. The SMILES string of the molecule is CCOc1cc(Br)c(CC(=O)NNC(=O)CNc2ccc(C)cc2C)cc1OCC. The van der Waals surface area contributed by atoms with Crippen LogP contribution >= 0.6 is 15.9 Å². The minimum Gasteiger partial charge on any atom is -0.490 e. The van der Waals surface area contributed by atoms with Gasteiger partial charge in [0.15, 0.2) is 11.5 Å². The van der Waals surface area contributed by atoms with Gasteiger partial charge in [-0.25, -0.2) is 0 Å². The first-order chi connectivity index (χ1) is 14.3. The lowest BCUT2D eigenvalue weighted by atomic mass is 10.1. The summed E-state index contributed by atoms with van der Waals surface area (Å²) in [5, 5.41) is 3.06. The van der Waals surface area contributed by atoms with Gasteiger partial charge in [-0.15, -0.1) is 0 Å². The molecule has 0 saturated heterocycles. The van der Waals surface area contributed by atoms with Crippen molar-refractivity contribution < 1.29 is 19.1 Å². The van der Waals surface area contributed by atoms with Gasteiger partial charge in [0.05, 0.1) is 26.2 Å². The van der Waals surface area contributed by atoms with E-state index >= 15 is 0 Å². The van der Waals surface area contributed by atoms with E-state index in [9.17, 15) is 9.59 Å². The number of hydrogen-bond acceptors (Lipinski definition) is 5. The molecular formula is C22H28BrN3O4. The summed E-state index contributed by atoms with van der Waals surface area (Å²) in [5.74, 6) is 0.500. The maximum Gasteiger partial charge on any atom is 0.257 e. The third-order valence-corrected chi connectivity index (χ3v) is 4.96. The van der Waals surface area contributed by atoms with Crippen LogP contribution in [0.3, 0.4) is 0 Å². The second kappa shape index (κ2) is 11.4. The predicted octanol–water partition coefficient (Wildman–Crippen LogP) is 3.67. The highest BCUT2D eigenvalue weighted by molar-refractivity contribution is 9.10. The Morgan fingerprint density at radius 1 is 0.933 bits per heavy atom. The van der Waals surface area contributed by atoms with Crippen molar-refractivity contribution >= 4 is 33.4 Å². The Bertz CT molecular complexity index is 902. The van der Waals surface area contributed by atoms with Gasteiger partial charge in [0, 0.05) is 10.2 Å². The smallest absolute Gasteiger partial charge is 0.257 e. The van der Waals surface area contributed by atoms with Crippen LogP contribution in [-0.4, -0.2) is 31.6 Å². The van der Waals surface area contributed by atoms with E-state index in [0.29, 0.717) is 24.7 Å². The normalized spacial score (nSPS) is 10.3. The summed E-state index contributed by atoms with van der Waals surface area (Å²) >= 11 is 3.46. The molecule has 2 aromatic rings. The lowest BCUT2D eigenvalue weighted by Crippen LogP contribution is -2.44. The molecule has 0 spiro atoms. The summed E-state index contributed by atoms with van der Waals surface area (Å²) < 4.78 is 11.9. The Hall–Kier alpha value is -2.74. The average molecular weight is 478 g/mol. The molecule has 0 aliphatic carbocycles. The maximum absolute atomic E-state index is 12.3. The van der Waals surface area contributed by atoms with Gasteiger partial charge in [-0.2, -0.15) is 0 Å². The van der Waals surface area contributed by atoms with Gasteiger partial charge in [0.25, 0.3) is 5.91 Å². The standard InChI is InChI=1S/C22H28BrN3O4/c1-5-29-19-10-16(17(23)12-20(19)30-6-2)11-21(27)25-26-22(28)13-24-18-8-7-14(3)9-15(18)4/h7-10,12,24H,5-6,11,13H2,1-4H3,(H,25,27)(H,26,28). The highest BCUT2D eigenvalue weighted by Gasteiger charge is 2.14. The zero-order chi connectivity index (χ0) is 22.1. The zero-order valence-corrected chi connectivity index (χ0v) is 19.3. The third-order valence-electron chi connectivity index (χ3n) is 4.23. The lowest BCUT2D eigenvalue weighted by molar-refractivity contribution is -0.127. The van der Waals surface area contributed by atoms with Gasteiger partial charge in [-0.3, -0.25) is 20.4 Å². The van der Waals surface area contributed by atoms with Crippen molar-refractivity contribution in [2.24, 2.45) is 0 Å². The van der Waals surface area contributed by atoms with Crippen LogP contribution in [0.1, 0.15) is 30.5 Å². The highest BCUT2D eigenvalue weighted by Crippen LogP contribution is 2.34. The Balaban J connectivity index is 1.89. The first-order valence-corrected chi connectivity index (χ1v) is 10.6. The number of nitrogens with one attached hydrogen (secondary N) is 3. The summed E-state index contributed by atoms with van der Waals surface area (Å²) in [4.78, 5) is 24.3. The average Bonchev–Trinajstić information content (AvgIpc) is 2.69. The molecule has 162 valence electrons. The predicted molar refractivity (Wildman–Crippen MR) is 121 cm³/mol. The molecule has 0 atom stereocenters. The summed E-state index contributed by atoms with van der Waals surface area (Å²) in [5.41, 5.74) is 8.67. The molecule has 8 heteroatoms. The maximum atomic E-state index is 12.3. The summed E-state index contributed by atoms with van der Waals surface area (Å²) in [7, 11) is 0. The first kappa shape index (κ1) is 23.5. The molecule has 7 nitrogen and oxygen atoms in total. The molecule has 3 N–H and O–H groups in total. The Kier molecular flexibility index (Phi) is 8.98. The van der Waals surface area contributed by atoms with Crippen LogP contribution in [0.15, 0.2) is 34.8 Å². The number of rotatable bonds is 9. The molecule has 0 unspecified atom stereocenters. The monoisotopic (exact) mass is 477 g/mol. The largest absolute Gasteiger partial charge is 0.490 e. The molecule has 0 saturated carbocycles. The van der Waals surface area contributed by atoms with E-state index in [4.69, 9.17) is 9.47 Å². The van der Waals surface area contributed by atoms with E-state index in [1.54, 1.807) is 12.1 Å². The number of anilines is 1. The quantitative estimate of drug-likeness (QED) is 0.479. The minimum absolute atomic E-state index is 0.0470. The second-order valence-electron chi connectivity index (χ2n) is 6.70. The summed E-state index contributed by atoms with van der Waals surface area (Å²) in [6.07, 6.45) is 0.0673. The molecule has 0 fully saturated rings. The number of carbonyl (C=O) groups is 2. The van der Waals surface area contributed by atoms with Gasteiger partial charge in [0.2, 0.25) is 5.91 Å². The van der Waals surface area contributed by atoms with Gasteiger partial charge in [-0.1, -0.05) is 33.6 Å². The highest BCUT2D eigenvalue weighted by atomic mass is 79.9. The molecule has 2 amide bonds. The lowest BCUT2D eigenvalue weighted by Gasteiger charge is -2.14. The molecule has 0 aliphatic heterocycles. The molecule has 0 aliphatic rings. The number of amides is 2. The zero-order valence-electron chi connectivity index (χ0n) is 17.7. The van der Waals surface area contributed by atoms with Crippen molar-refractivity contribution in [2.45, 2.75) is 34.1 Å². The van der Waals surface area contributed by atoms with E-state index in [1.165, 1.54) is 0 Å². The van der Waals surface area contributed by atoms with Gasteiger partial charge >= 0.3 is 0 Å². The molecule has 0 radical (unpaired) electrons. The summed E-state index contributed by atoms with van der Waals surface area (Å²) in [6, 6.07) is 9.48. The van der Waals surface area contributed by atoms with Crippen molar-refractivity contribution in [2.75, 3.05) is 25.1 Å². The van der Waals surface area contributed by atoms with E-state index in [1.807, 2.05) is 45.9 Å². The van der Waals surface area contributed by atoms with Crippen LogP contribution in [0, 0.1) is 13.8 Å². The Labute approximate surface area is 185 Å². The van der Waals surface area contributed by atoms with Crippen LogP contribution in [-0.2, 0) is 16.0 Å². The van der Waals surface area contributed by atoms with Crippen LogP contribution in [0.5, 0.6) is 11.5 Å². The fraction of sp³-hybridized carbons (Fsp3) is 0.364. The fourth-order valence-corrected chi connectivity index (χ4v) is 3.30. The van der Waals surface area contributed by atoms with Crippen molar-refractivity contribution in [1.29, 1.82) is 0 Å². The Morgan fingerprint density at radius 3 is 2.20 bits per heavy atom. The number of benzene rings is 2. The van der Waals surface area contributed by atoms with E-state index in [-0.39, 0.29) is 24.8 Å². The van der Waals surface area contributed by atoms with Crippen molar-refractivity contribution in [3.05, 3.63) is 51.5 Å². The fourth-order valence-electron chi connectivity index (χ4n) is 2.84. The number of aryl methyl sites for hydroxylation is 2. The number of hydrazine groups is 1. The number of carbonyl (C=O) groups excluding carboxylic acids is 2. The topological polar surface area (TPSA) is 88.7 Å².